The maximum Gasteiger partial charge on any atom is 0.419 e. The van der Waals surface area contributed by atoms with E-state index in [9.17, 15) is 18.0 Å². The SMILES string of the molecule is Nc1ncc(-c2cc3n(n2)CCC32CN(C(=O)NCc3ccncc3Cl)C2)cc1C(F)(F)F. The van der Waals surface area contributed by atoms with Gasteiger partial charge in [-0.1, -0.05) is 11.6 Å². The fraction of sp³-hybridized carbons (Fsp3) is 0.333. The first-order valence-corrected chi connectivity index (χ1v) is 10.6. The van der Waals surface area contributed by atoms with Crippen LogP contribution < -0.4 is 11.1 Å². The Morgan fingerprint density at radius 1 is 1.27 bits per heavy atom. The summed E-state index contributed by atoms with van der Waals surface area (Å²) in [7, 11) is 0. The molecule has 12 heteroatoms. The lowest BCUT2D eigenvalue weighted by molar-refractivity contribution is -0.137. The first-order valence-electron chi connectivity index (χ1n) is 10.2. The van der Waals surface area contributed by atoms with Crippen LogP contribution in [0.3, 0.4) is 0 Å². The average molecular weight is 478 g/mol. The van der Waals surface area contributed by atoms with Gasteiger partial charge in [0.25, 0.3) is 0 Å². The second kappa shape index (κ2) is 7.62. The van der Waals surface area contributed by atoms with Gasteiger partial charge in [0, 0.05) is 61.4 Å². The number of fused-ring (bicyclic) bond motifs is 2. The van der Waals surface area contributed by atoms with E-state index in [4.69, 9.17) is 17.3 Å². The number of aromatic nitrogens is 4. The van der Waals surface area contributed by atoms with Gasteiger partial charge in [0.05, 0.1) is 16.3 Å². The van der Waals surface area contributed by atoms with E-state index in [1.165, 1.54) is 12.4 Å². The number of urea groups is 1. The highest BCUT2D eigenvalue weighted by atomic mass is 35.5. The molecule has 0 aliphatic carbocycles. The zero-order valence-electron chi connectivity index (χ0n) is 17.2. The highest BCUT2D eigenvalue weighted by molar-refractivity contribution is 6.31. The number of alkyl halides is 3. The molecule has 2 aliphatic heterocycles. The van der Waals surface area contributed by atoms with Crippen LogP contribution in [0.2, 0.25) is 5.02 Å². The van der Waals surface area contributed by atoms with Gasteiger partial charge in [0.1, 0.15) is 5.82 Å². The number of rotatable bonds is 3. The summed E-state index contributed by atoms with van der Waals surface area (Å²) in [6, 6.07) is 4.29. The van der Waals surface area contributed by atoms with E-state index >= 15 is 0 Å². The third kappa shape index (κ3) is 3.75. The van der Waals surface area contributed by atoms with Crippen molar-refractivity contribution in [3.63, 3.8) is 0 Å². The molecule has 172 valence electrons. The molecule has 3 aromatic heterocycles. The molecule has 2 amide bonds. The van der Waals surface area contributed by atoms with Crippen molar-refractivity contribution in [3.05, 3.63) is 58.6 Å². The van der Waals surface area contributed by atoms with E-state index in [1.807, 2.05) is 0 Å². The van der Waals surface area contributed by atoms with Gasteiger partial charge in [-0.2, -0.15) is 18.3 Å². The number of carbonyl (C=O) groups excluding carboxylic acids is 1. The average Bonchev–Trinajstić information content (AvgIpc) is 3.31. The molecule has 3 N–H and O–H groups in total. The Labute approximate surface area is 191 Å². The number of halogens is 4. The minimum Gasteiger partial charge on any atom is -0.383 e. The number of nitrogens with two attached hydrogens (primary N) is 1. The number of amides is 2. The molecule has 2 aliphatic rings. The number of nitrogen functional groups attached to an aromatic ring is 1. The van der Waals surface area contributed by atoms with E-state index in [0.29, 0.717) is 30.4 Å². The highest BCUT2D eigenvalue weighted by Crippen LogP contribution is 2.44. The number of hydrogen-bond donors (Lipinski definition) is 2. The molecule has 0 bridgehead atoms. The van der Waals surface area contributed by atoms with Gasteiger partial charge in [-0.25, -0.2) is 9.78 Å². The minimum atomic E-state index is -4.60. The van der Waals surface area contributed by atoms with E-state index in [1.54, 1.807) is 27.9 Å². The summed E-state index contributed by atoms with van der Waals surface area (Å²) in [4.78, 5) is 21.9. The van der Waals surface area contributed by atoms with Crippen LogP contribution in [-0.2, 0) is 24.7 Å². The van der Waals surface area contributed by atoms with Gasteiger partial charge < -0.3 is 16.0 Å². The topological polar surface area (TPSA) is 102 Å². The molecule has 0 radical (unpaired) electrons. The Kier molecular flexibility index (Phi) is 4.96. The van der Waals surface area contributed by atoms with Crippen LogP contribution in [-0.4, -0.2) is 43.8 Å². The largest absolute Gasteiger partial charge is 0.419 e. The van der Waals surface area contributed by atoms with Crippen LogP contribution in [0.4, 0.5) is 23.8 Å². The standard InChI is InChI=1S/C21H19ClF3N7O/c22-15-9-27-3-1-12(15)7-29-19(33)31-10-20(11-31)2-4-32-17(20)6-16(30-32)13-5-14(21(23,24)25)18(26)28-8-13/h1,3,5-6,8-9H,2,4,7,10-11H2,(H2,26,28)(H,29,33). The van der Waals surface area contributed by atoms with Gasteiger partial charge in [0.15, 0.2) is 0 Å². The number of pyridine rings is 2. The van der Waals surface area contributed by atoms with Crippen LogP contribution in [0.1, 0.15) is 23.2 Å². The Balaban J connectivity index is 1.29. The molecule has 1 saturated heterocycles. The number of hydrogen-bond acceptors (Lipinski definition) is 5. The number of aryl methyl sites for hydroxylation is 1. The molecule has 1 spiro atoms. The van der Waals surface area contributed by atoms with Crippen molar-refractivity contribution >= 4 is 23.4 Å². The zero-order chi connectivity index (χ0) is 23.4. The normalized spacial score (nSPS) is 16.5. The predicted octanol–water partition coefficient (Wildman–Crippen LogP) is 3.46. The lowest BCUT2D eigenvalue weighted by Crippen LogP contribution is -2.62. The summed E-state index contributed by atoms with van der Waals surface area (Å²) in [5.74, 6) is -0.567. The van der Waals surface area contributed by atoms with Crippen molar-refractivity contribution in [1.29, 1.82) is 0 Å². The smallest absolute Gasteiger partial charge is 0.383 e. The molecule has 0 unspecified atom stereocenters. The third-order valence-corrected chi connectivity index (χ3v) is 6.55. The first kappa shape index (κ1) is 21.5. The van der Waals surface area contributed by atoms with Crippen LogP contribution in [0, 0.1) is 0 Å². The van der Waals surface area contributed by atoms with Crippen molar-refractivity contribution in [2.45, 2.75) is 31.1 Å². The van der Waals surface area contributed by atoms with E-state index < -0.39 is 17.6 Å². The molecular formula is C21H19ClF3N7O. The van der Waals surface area contributed by atoms with Crippen molar-refractivity contribution in [2.24, 2.45) is 0 Å². The Hall–Kier alpha value is -3.34. The molecule has 33 heavy (non-hydrogen) atoms. The zero-order valence-corrected chi connectivity index (χ0v) is 18.0. The molecule has 0 saturated carbocycles. The monoisotopic (exact) mass is 477 g/mol. The molecule has 8 nitrogen and oxygen atoms in total. The van der Waals surface area contributed by atoms with Crippen LogP contribution in [0.25, 0.3) is 11.3 Å². The van der Waals surface area contributed by atoms with Crippen LogP contribution >= 0.6 is 11.6 Å². The number of carbonyl (C=O) groups is 1. The molecule has 0 atom stereocenters. The number of likely N-dealkylation sites (tertiary alicyclic amines) is 1. The molecule has 1 fully saturated rings. The number of anilines is 1. The summed E-state index contributed by atoms with van der Waals surface area (Å²) in [5, 5.41) is 7.81. The van der Waals surface area contributed by atoms with Crippen molar-refractivity contribution in [3.8, 4) is 11.3 Å². The van der Waals surface area contributed by atoms with Crippen LogP contribution in [0.15, 0.2) is 36.8 Å². The van der Waals surface area contributed by atoms with Gasteiger partial charge in [-0.05, 0) is 30.2 Å². The summed E-state index contributed by atoms with van der Waals surface area (Å²) in [5.41, 5.74) is 6.49. The summed E-state index contributed by atoms with van der Waals surface area (Å²) >= 11 is 6.08. The second-order valence-corrected chi connectivity index (χ2v) is 8.71. The highest BCUT2D eigenvalue weighted by Gasteiger charge is 2.51. The van der Waals surface area contributed by atoms with E-state index in [2.05, 4.69) is 20.4 Å². The molecule has 5 heterocycles. The Morgan fingerprint density at radius 2 is 2.06 bits per heavy atom. The number of nitrogens with zero attached hydrogens (tertiary/aromatic N) is 5. The fourth-order valence-corrected chi connectivity index (χ4v) is 4.61. The quantitative estimate of drug-likeness (QED) is 0.601. The minimum absolute atomic E-state index is 0.204. The molecule has 5 rings (SSSR count). The number of nitrogens with one attached hydrogen (secondary N) is 1. The van der Waals surface area contributed by atoms with Crippen molar-refractivity contribution < 1.29 is 18.0 Å². The van der Waals surface area contributed by atoms with Gasteiger partial charge in [0.2, 0.25) is 0 Å². The molecular weight excluding hydrogens is 459 g/mol. The maximum atomic E-state index is 13.2. The van der Waals surface area contributed by atoms with Gasteiger partial charge in [-0.3, -0.25) is 9.67 Å². The Morgan fingerprint density at radius 3 is 2.79 bits per heavy atom. The Bertz CT molecular complexity index is 1240. The van der Waals surface area contributed by atoms with E-state index in [0.717, 1.165) is 23.7 Å². The van der Waals surface area contributed by atoms with Crippen LogP contribution in [0.5, 0.6) is 0 Å². The summed E-state index contributed by atoms with van der Waals surface area (Å²) in [6.45, 7) is 1.92. The molecule has 3 aromatic rings. The first-order chi connectivity index (χ1) is 15.7. The fourth-order valence-electron chi connectivity index (χ4n) is 4.42. The summed E-state index contributed by atoms with van der Waals surface area (Å²) < 4.78 is 41.4. The lowest BCUT2D eigenvalue weighted by atomic mass is 9.76. The molecule has 0 aromatic carbocycles. The second-order valence-electron chi connectivity index (χ2n) is 8.30. The third-order valence-electron chi connectivity index (χ3n) is 6.21. The van der Waals surface area contributed by atoms with Gasteiger partial charge in [-0.15, -0.1) is 0 Å². The predicted molar refractivity (Wildman–Crippen MR) is 114 cm³/mol. The van der Waals surface area contributed by atoms with Gasteiger partial charge >= 0.3 is 12.2 Å². The summed E-state index contributed by atoms with van der Waals surface area (Å²) in [6.07, 6.45) is 0.632. The van der Waals surface area contributed by atoms with E-state index in [-0.39, 0.29) is 23.6 Å². The maximum absolute atomic E-state index is 13.2. The van der Waals surface area contributed by atoms with Crippen molar-refractivity contribution in [2.75, 3.05) is 18.8 Å². The lowest BCUT2D eigenvalue weighted by Gasteiger charge is -2.47. The van der Waals surface area contributed by atoms with Crippen molar-refractivity contribution in [1.82, 2.24) is 30.0 Å².